The van der Waals surface area contributed by atoms with E-state index in [2.05, 4.69) is 0 Å². The van der Waals surface area contributed by atoms with Crippen molar-refractivity contribution >= 4 is 0 Å². The highest BCUT2D eigenvalue weighted by Crippen LogP contribution is 2.31. The molecule has 1 aromatic carbocycles. The molecule has 0 bridgehead atoms. The van der Waals surface area contributed by atoms with Gasteiger partial charge in [-0.2, -0.15) is 13.2 Å². The van der Waals surface area contributed by atoms with Crippen molar-refractivity contribution < 1.29 is 13.2 Å². The van der Waals surface area contributed by atoms with E-state index in [4.69, 9.17) is 0 Å². The number of aryl methyl sites for hydroxylation is 2. The summed E-state index contributed by atoms with van der Waals surface area (Å²) in [5.74, 6) is 0. The Hall–Kier alpha value is -0.990. The number of hydrogen-bond acceptors (Lipinski definition) is 0. The van der Waals surface area contributed by atoms with E-state index in [0.29, 0.717) is 0 Å². The predicted octanol–water partition coefficient (Wildman–Crippen LogP) is 3.88. The van der Waals surface area contributed by atoms with Gasteiger partial charge < -0.3 is 0 Å². The Morgan fingerprint density at radius 2 is 1.50 bits per heavy atom. The van der Waals surface area contributed by atoms with Crippen LogP contribution in [0.5, 0.6) is 0 Å². The first-order valence-corrected chi connectivity index (χ1v) is 4.53. The number of benzene rings is 1. The fraction of sp³-hybridized carbons (Fsp3) is 0.455. The molecule has 0 spiro atoms. The Kier molecular flexibility index (Phi) is 2.88. The Morgan fingerprint density at radius 3 is 1.79 bits per heavy atom. The SMILES string of the molecule is CCc1c(C)cc(C(F)(F)F)cc1C. The van der Waals surface area contributed by atoms with E-state index in [1.165, 1.54) is 12.1 Å². The lowest BCUT2D eigenvalue weighted by Crippen LogP contribution is -2.07. The van der Waals surface area contributed by atoms with Crippen molar-refractivity contribution in [2.24, 2.45) is 0 Å². The van der Waals surface area contributed by atoms with Gasteiger partial charge in [-0.15, -0.1) is 0 Å². The summed E-state index contributed by atoms with van der Waals surface area (Å²) in [6.45, 7) is 5.39. The van der Waals surface area contributed by atoms with Crippen molar-refractivity contribution in [3.63, 3.8) is 0 Å². The second kappa shape index (κ2) is 3.64. The van der Waals surface area contributed by atoms with Gasteiger partial charge in [-0.1, -0.05) is 6.92 Å². The second-order valence-electron chi connectivity index (χ2n) is 3.44. The molecular formula is C11H13F3. The van der Waals surface area contributed by atoms with E-state index >= 15 is 0 Å². The third-order valence-corrected chi connectivity index (χ3v) is 2.38. The van der Waals surface area contributed by atoms with Gasteiger partial charge in [0, 0.05) is 0 Å². The molecule has 0 nitrogen and oxygen atoms in total. The Bertz CT molecular complexity index is 314. The highest BCUT2D eigenvalue weighted by Gasteiger charge is 2.31. The molecule has 0 fully saturated rings. The summed E-state index contributed by atoms with van der Waals surface area (Å²) in [6.07, 6.45) is -3.46. The van der Waals surface area contributed by atoms with Crippen LogP contribution in [-0.2, 0) is 12.6 Å². The molecule has 0 aliphatic heterocycles. The maximum absolute atomic E-state index is 12.4. The van der Waals surface area contributed by atoms with Crippen LogP contribution in [0.1, 0.15) is 29.2 Å². The molecule has 0 amide bonds. The molecule has 3 heteroatoms. The summed E-state index contributed by atoms with van der Waals surface area (Å²) >= 11 is 0. The van der Waals surface area contributed by atoms with Gasteiger partial charge in [-0.3, -0.25) is 0 Å². The smallest absolute Gasteiger partial charge is 0.166 e. The zero-order valence-electron chi connectivity index (χ0n) is 8.50. The van der Waals surface area contributed by atoms with Crippen molar-refractivity contribution in [2.75, 3.05) is 0 Å². The van der Waals surface area contributed by atoms with E-state index in [1.807, 2.05) is 6.92 Å². The minimum atomic E-state index is -4.23. The lowest BCUT2D eigenvalue weighted by molar-refractivity contribution is -0.137. The van der Waals surface area contributed by atoms with Crippen molar-refractivity contribution in [2.45, 2.75) is 33.4 Å². The summed E-state index contributed by atoms with van der Waals surface area (Å²) in [4.78, 5) is 0. The van der Waals surface area contributed by atoms with Gasteiger partial charge in [0.05, 0.1) is 5.56 Å². The van der Waals surface area contributed by atoms with Gasteiger partial charge >= 0.3 is 6.18 Å². The van der Waals surface area contributed by atoms with Crippen LogP contribution in [-0.4, -0.2) is 0 Å². The molecule has 0 heterocycles. The van der Waals surface area contributed by atoms with Crippen LogP contribution in [0.4, 0.5) is 13.2 Å². The highest BCUT2D eigenvalue weighted by atomic mass is 19.4. The molecule has 0 aliphatic rings. The fourth-order valence-corrected chi connectivity index (χ4v) is 1.71. The third kappa shape index (κ3) is 2.08. The quantitative estimate of drug-likeness (QED) is 0.648. The van der Waals surface area contributed by atoms with Crippen molar-refractivity contribution in [3.8, 4) is 0 Å². The van der Waals surface area contributed by atoms with Crippen LogP contribution in [0.3, 0.4) is 0 Å². The van der Waals surface area contributed by atoms with Gasteiger partial charge in [0.25, 0.3) is 0 Å². The first kappa shape index (κ1) is 11.1. The first-order chi connectivity index (χ1) is 6.36. The Balaban J connectivity index is 3.28. The van der Waals surface area contributed by atoms with Crippen LogP contribution < -0.4 is 0 Å². The number of alkyl halides is 3. The second-order valence-corrected chi connectivity index (χ2v) is 3.44. The molecule has 14 heavy (non-hydrogen) atoms. The highest BCUT2D eigenvalue weighted by molar-refractivity contribution is 5.38. The summed E-state index contributed by atoms with van der Waals surface area (Å²) in [5, 5.41) is 0. The van der Waals surface area contributed by atoms with E-state index < -0.39 is 11.7 Å². The van der Waals surface area contributed by atoms with E-state index in [1.54, 1.807) is 13.8 Å². The first-order valence-electron chi connectivity index (χ1n) is 4.53. The summed E-state index contributed by atoms with van der Waals surface area (Å²) < 4.78 is 37.2. The van der Waals surface area contributed by atoms with Gasteiger partial charge in [0.1, 0.15) is 0 Å². The normalized spacial score (nSPS) is 11.9. The number of rotatable bonds is 1. The zero-order valence-corrected chi connectivity index (χ0v) is 8.50. The molecule has 78 valence electrons. The molecule has 0 aromatic heterocycles. The molecule has 0 aliphatic carbocycles. The molecule has 0 saturated carbocycles. The lowest BCUT2D eigenvalue weighted by atomic mass is 9.97. The topological polar surface area (TPSA) is 0 Å². The largest absolute Gasteiger partial charge is 0.416 e. The monoisotopic (exact) mass is 202 g/mol. The minimum Gasteiger partial charge on any atom is -0.166 e. The van der Waals surface area contributed by atoms with Crippen molar-refractivity contribution in [3.05, 3.63) is 34.4 Å². The standard InChI is InChI=1S/C11H13F3/c1-4-10-7(2)5-9(6-8(10)3)11(12,13)14/h5-6H,4H2,1-3H3. The number of hydrogen-bond donors (Lipinski definition) is 0. The third-order valence-electron chi connectivity index (χ3n) is 2.38. The van der Waals surface area contributed by atoms with Crippen LogP contribution in [0, 0.1) is 13.8 Å². The molecule has 0 N–H and O–H groups in total. The minimum absolute atomic E-state index is 0.551. The van der Waals surface area contributed by atoms with Crippen LogP contribution in [0.15, 0.2) is 12.1 Å². The van der Waals surface area contributed by atoms with E-state index in [0.717, 1.165) is 23.1 Å². The van der Waals surface area contributed by atoms with E-state index in [9.17, 15) is 13.2 Å². The maximum Gasteiger partial charge on any atom is 0.416 e. The van der Waals surface area contributed by atoms with Gasteiger partial charge in [-0.25, -0.2) is 0 Å². The van der Waals surface area contributed by atoms with Crippen molar-refractivity contribution in [1.29, 1.82) is 0 Å². The molecule has 0 unspecified atom stereocenters. The molecule has 0 radical (unpaired) electrons. The Morgan fingerprint density at radius 1 is 1.07 bits per heavy atom. The molecule has 1 aromatic rings. The average Bonchev–Trinajstić information content (AvgIpc) is 2.01. The van der Waals surface area contributed by atoms with Gasteiger partial charge in [0.2, 0.25) is 0 Å². The van der Waals surface area contributed by atoms with Crippen LogP contribution in [0.25, 0.3) is 0 Å². The Labute approximate surface area is 81.8 Å². The molecule has 0 saturated heterocycles. The van der Waals surface area contributed by atoms with E-state index in [-0.39, 0.29) is 0 Å². The predicted molar refractivity (Wildman–Crippen MR) is 50.3 cm³/mol. The van der Waals surface area contributed by atoms with Gasteiger partial charge in [-0.05, 0) is 49.1 Å². The van der Waals surface area contributed by atoms with Crippen LogP contribution in [0.2, 0.25) is 0 Å². The summed E-state index contributed by atoms with van der Waals surface area (Å²) in [5.41, 5.74) is 1.90. The lowest BCUT2D eigenvalue weighted by Gasteiger charge is -2.13. The molecular weight excluding hydrogens is 189 g/mol. The van der Waals surface area contributed by atoms with Gasteiger partial charge in [0.15, 0.2) is 0 Å². The summed E-state index contributed by atoms with van der Waals surface area (Å²) in [7, 11) is 0. The average molecular weight is 202 g/mol. The molecule has 0 atom stereocenters. The maximum atomic E-state index is 12.4. The van der Waals surface area contributed by atoms with Crippen LogP contribution >= 0.6 is 0 Å². The van der Waals surface area contributed by atoms with Crippen molar-refractivity contribution in [1.82, 2.24) is 0 Å². The summed E-state index contributed by atoms with van der Waals surface area (Å²) in [6, 6.07) is 2.43. The zero-order chi connectivity index (χ0) is 10.9. The molecule has 1 rings (SSSR count). The number of halogens is 3. The fourth-order valence-electron chi connectivity index (χ4n) is 1.71.